The third kappa shape index (κ3) is 3.99. The second-order valence-electron chi connectivity index (χ2n) is 5.21. The van der Waals surface area contributed by atoms with Crippen LogP contribution in [0.25, 0.3) is 0 Å². The smallest absolute Gasteiger partial charge is 0.153 e. The average molecular weight is 418 g/mol. The normalized spacial score (nSPS) is 12.9. The summed E-state index contributed by atoms with van der Waals surface area (Å²) in [4.78, 5) is 0. The van der Waals surface area contributed by atoms with Gasteiger partial charge < -0.3 is 5.11 Å². The van der Waals surface area contributed by atoms with Crippen molar-refractivity contribution in [2.24, 2.45) is 0 Å². The van der Waals surface area contributed by atoms with Gasteiger partial charge in [-0.2, -0.15) is 0 Å². The fourth-order valence-corrected chi connectivity index (χ4v) is 8.18. The second kappa shape index (κ2) is 8.14. The van der Waals surface area contributed by atoms with E-state index in [0.717, 1.165) is 15.1 Å². The van der Waals surface area contributed by atoms with Gasteiger partial charge in [0.2, 0.25) is 0 Å². The van der Waals surface area contributed by atoms with Crippen molar-refractivity contribution in [3.05, 3.63) is 95.0 Å². The van der Waals surface area contributed by atoms with Crippen LogP contribution in [-0.2, 0) is 4.57 Å². The van der Waals surface area contributed by atoms with Crippen LogP contribution in [0.5, 0.6) is 0 Å². The lowest BCUT2D eigenvalue weighted by Gasteiger charge is -2.21. The van der Waals surface area contributed by atoms with Crippen LogP contribution in [0.3, 0.4) is 0 Å². The second-order valence-corrected chi connectivity index (χ2v) is 11.3. The van der Waals surface area contributed by atoms with Crippen LogP contribution in [0.15, 0.2) is 89.4 Å². The minimum atomic E-state index is -1.89. The van der Waals surface area contributed by atoms with E-state index in [1.807, 2.05) is 84.9 Å². The molecule has 2 unspecified atom stereocenters. The maximum atomic E-state index is 13.2. The lowest BCUT2D eigenvalue weighted by molar-refractivity contribution is 0.260. The summed E-state index contributed by atoms with van der Waals surface area (Å²) >= 11 is 3.38. The summed E-state index contributed by atoms with van der Waals surface area (Å²) in [6, 6.07) is 27.0. The summed E-state index contributed by atoms with van der Waals surface area (Å²) in [5.74, 6) is -0.986. The Kier molecular flexibility index (Phi) is 5.92. The molecule has 2 atom stereocenters. The van der Waals surface area contributed by atoms with Crippen molar-refractivity contribution in [3.63, 3.8) is 0 Å². The Balaban J connectivity index is 1.99. The third-order valence-electron chi connectivity index (χ3n) is 3.58. The van der Waals surface area contributed by atoms with Crippen molar-refractivity contribution in [2.45, 2.75) is 5.85 Å². The van der Waals surface area contributed by atoms with Gasteiger partial charge in [-0.25, -0.2) is 0 Å². The summed E-state index contributed by atoms with van der Waals surface area (Å²) in [6.07, 6.45) is 0. The fourth-order valence-electron chi connectivity index (χ4n) is 2.39. The van der Waals surface area contributed by atoms with Crippen molar-refractivity contribution in [2.75, 3.05) is 0 Å². The molecule has 121 valence electrons. The topological polar surface area (TPSA) is 37.3 Å². The number of aliphatic hydroxyl groups excluding tert-OH is 1. The van der Waals surface area contributed by atoms with Crippen LogP contribution < -0.4 is 10.6 Å². The predicted molar refractivity (Wildman–Crippen MR) is 106 cm³/mol. The zero-order chi connectivity index (χ0) is 16.9. The van der Waals surface area contributed by atoms with E-state index in [4.69, 9.17) is 0 Å². The molecule has 0 amide bonds. The lowest BCUT2D eigenvalue weighted by Crippen LogP contribution is -2.10. The van der Waals surface area contributed by atoms with Gasteiger partial charge in [0.1, 0.15) is 7.49 Å². The van der Waals surface area contributed by atoms with E-state index in [1.165, 1.54) is 0 Å². The molecule has 0 aliphatic rings. The Hall–Kier alpha value is -1.37. The molecule has 3 aromatic carbocycles. The van der Waals surface area contributed by atoms with E-state index in [-0.39, 0.29) is 0 Å². The van der Waals surface area contributed by atoms with E-state index >= 15 is 0 Å². The summed E-state index contributed by atoms with van der Waals surface area (Å²) < 4.78 is 14.2. The summed E-state index contributed by atoms with van der Waals surface area (Å²) in [5.41, 5.74) is 0.679. The molecule has 0 bridgehead atoms. The largest absolute Gasteiger partial charge is 0.377 e. The van der Waals surface area contributed by atoms with Gasteiger partial charge >= 0.3 is 0 Å². The highest BCUT2D eigenvalue weighted by molar-refractivity contribution is 9.10. The highest BCUT2D eigenvalue weighted by atomic mass is 79.9. The quantitative estimate of drug-likeness (QED) is 0.570. The van der Waals surface area contributed by atoms with Crippen molar-refractivity contribution in [3.8, 4) is 0 Å². The van der Waals surface area contributed by atoms with Gasteiger partial charge in [0.05, 0.1) is 0 Å². The molecule has 0 fully saturated rings. The lowest BCUT2D eigenvalue weighted by atomic mass is 10.2. The number of rotatable bonds is 5. The molecule has 0 spiro atoms. The van der Waals surface area contributed by atoms with Gasteiger partial charge in [0.15, 0.2) is 5.85 Å². The first-order chi connectivity index (χ1) is 11.7. The van der Waals surface area contributed by atoms with Gasteiger partial charge in [-0.3, -0.25) is 4.57 Å². The van der Waals surface area contributed by atoms with Crippen LogP contribution in [0.2, 0.25) is 0 Å². The molecule has 1 N–H and O–H groups in total. The zero-order valence-corrected chi connectivity index (χ0v) is 16.2. The van der Waals surface area contributed by atoms with Crippen LogP contribution in [-0.4, -0.2) is 5.11 Å². The minimum Gasteiger partial charge on any atom is -0.377 e. The Bertz CT molecular complexity index is 768. The molecule has 0 heterocycles. The molecule has 24 heavy (non-hydrogen) atoms. The minimum absolute atomic E-state index is 0.679. The van der Waals surface area contributed by atoms with Gasteiger partial charge in [0, 0.05) is 12.1 Å². The molecular formula is C19H16BrO2P2. The molecule has 5 heteroatoms. The predicted octanol–water partition coefficient (Wildman–Crippen LogP) is 5.32. The number of halogens is 1. The molecule has 0 aliphatic carbocycles. The number of aliphatic hydroxyl groups is 1. The van der Waals surface area contributed by atoms with Crippen LogP contribution in [0.1, 0.15) is 11.4 Å². The van der Waals surface area contributed by atoms with Gasteiger partial charge in [0.25, 0.3) is 0 Å². The van der Waals surface area contributed by atoms with E-state index in [1.54, 1.807) is 0 Å². The van der Waals surface area contributed by atoms with Crippen molar-refractivity contribution < 1.29 is 9.67 Å². The van der Waals surface area contributed by atoms with E-state index in [0.29, 0.717) is 5.56 Å². The highest BCUT2D eigenvalue weighted by Crippen LogP contribution is 2.65. The van der Waals surface area contributed by atoms with Gasteiger partial charge in [-0.15, -0.1) is 0 Å². The van der Waals surface area contributed by atoms with Crippen LogP contribution in [0.4, 0.5) is 0 Å². The van der Waals surface area contributed by atoms with Crippen molar-refractivity contribution in [1.29, 1.82) is 0 Å². The number of hydrogen-bond acceptors (Lipinski definition) is 2. The SMILES string of the molecule is O=[P](C(O)c1ccc(Br)cc1)P(c1ccccc1)c1ccccc1. The fraction of sp³-hybridized carbons (Fsp3) is 0.0526. The molecule has 0 saturated heterocycles. The first-order valence-electron chi connectivity index (χ1n) is 7.47. The number of hydrogen-bond donors (Lipinski definition) is 1. The third-order valence-corrected chi connectivity index (χ3v) is 10.0. The molecule has 0 saturated carbocycles. The molecular weight excluding hydrogens is 402 g/mol. The van der Waals surface area contributed by atoms with E-state index in [2.05, 4.69) is 15.9 Å². The van der Waals surface area contributed by atoms with Crippen molar-refractivity contribution in [1.82, 2.24) is 0 Å². The Morgan fingerprint density at radius 3 is 1.67 bits per heavy atom. The Morgan fingerprint density at radius 1 is 0.750 bits per heavy atom. The maximum absolute atomic E-state index is 13.2. The van der Waals surface area contributed by atoms with Crippen LogP contribution >= 0.6 is 31.0 Å². The highest BCUT2D eigenvalue weighted by Gasteiger charge is 2.28. The standard InChI is InChI=1S/C19H16BrO2P2/c20-16-13-11-15(12-14-16)19(21)24(22)23(17-7-3-1-4-8-17)18-9-5-2-6-10-18/h1-14,19,21H. The molecule has 1 radical (unpaired) electrons. The Morgan fingerprint density at radius 2 is 1.21 bits per heavy atom. The molecule has 3 aromatic rings. The van der Waals surface area contributed by atoms with Crippen LogP contribution in [0, 0.1) is 0 Å². The average Bonchev–Trinajstić information content (AvgIpc) is 2.64. The van der Waals surface area contributed by atoms with Gasteiger partial charge in [-0.1, -0.05) is 88.7 Å². The molecule has 2 nitrogen and oxygen atoms in total. The maximum Gasteiger partial charge on any atom is 0.153 e. The van der Waals surface area contributed by atoms with Crippen molar-refractivity contribution >= 4 is 41.6 Å². The summed E-state index contributed by atoms with van der Waals surface area (Å²) in [7, 11) is -3.02. The van der Waals surface area contributed by atoms with E-state index in [9.17, 15) is 9.67 Å². The zero-order valence-electron chi connectivity index (χ0n) is 12.8. The number of benzene rings is 3. The molecule has 3 rings (SSSR count). The summed E-state index contributed by atoms with van der Waals surface area (Å²) in [6.45, 7) is 0. The first-order valence-corrected chi connectivity index (χ1v) is 11.6. The monoisotopic (exact) mass is 417 g/mol. The van der Waals surface area contributed by atoms with E-state index < -0.39 is 20.9 Å². The molecule has 0 aliphatic heterocycles. The first kappa shape index (κ1) is 17.5. The Labute approximate surface area is 152 Å². The summed E-state index contributed by atoms with van der Waals surface area (Å²) in [5, 5.41) is 12.7. The van der Waals surface area contributed by atoms with Gasteiger partial charge in [-0.05, 0) is 28.3 Å². The molecule has 0 aromatic heterocycles.